The van der Waals surface area contributed by atoms with E-state index in [0.29, 0.717) is 24.5 Å². The van der Waals surface area contributed by atoms with Gasteiger partial charge in [-0.2, -0.15) is 0 Å². The highest BCUT2D eigenvalue weighted by atomic mass is 16.5. The lowest BCUT2D eigenvalue weighted by Crippen LogP contribution is -2.57. The van der Waals surface area contributed by atoms with Crippen molar-refractivity contribution >= 4 is 29.3 Å². The highest BCUT2D eigenvalue weighted by Crippen LogP contribution is 2.20. The summed E-state index contributed by atoms with van der Waals surface area (Å²) in [6.07, 6.45) is 1.60. The van der Waals surface area contributed by atoms with E-state index in [1.165, 1.54) is 0 Å². The summed E-state index contributed by atoms with van der Waals surface area (Å²) in [6, 6.07) is 31.5. The summed E-state index contributed by atoms with van der Waals surface area (Å²) < 4.78 is 5.45. The number of hydrogen-bond donors (Lipinski definition) is 6. The lowest BCUT2D eigenvalue weighted by atomic mass is 9.97. The van der Waals surface area contributed by atoms with E-state index in [9.17, 15) is 24.3 Å². The zero-order valence-corrected chi connectivity index (χ0v) is 30.3. The SMILES string of the molecule is CCOc1cccc(NC(=O)/C=C/C(=O)N[C@H](C(=O)N[C@@H](Cc2ccccc2)[C@@H](O)CN[C@@H](Cc2ccc(-c3ccccc3)cc2)C(N)=O)C(C)C)c1. The molecule has 0 radical (unpaired) electrons. The first-order valence-electron chi connectivity index (χ1n) is 17.7. The van der Waals surface area contributed by atoms with Crippen LogP contribution in [0.25, 0.3) is 11.1 Å². The van der Waals surface area contributed by atoms with Gasteiger partial charge in [0.25, 0.3) is 0 Å². The smallest absolute Gasteiger partial charge is 0.248 e. The van der Waals surface area contributed by atoms with E-state index in [1.54, 1.807) is 38.1 Å². The van der Waals surface area contributed by atoms with Gasteiger partial charge in [0, 0.05) is 30.5 Å². The minimum Gasteiger partial charge on any atom is -0.494 e. The summed E-state index contributed by atoms with van der Waals surface area (Å²) in [6.45, 7) is 5.85. The van der Waals surface area contributed by atoms with E-state index in [1.807, 2.05) is 91.9 Å². The van der Waals surface area contributed by atoms with Gasteiger partial charge in [-0.1, -0.05) is 105 Å². The highest BCUT2D eigenvalue weighted by molar-refractivity contribution is 6.04. The monoisotopic (exact) mass is 719 g/mol. The number of carbonyl (C=O) groups is 4. The predicted molar refractivity (Wildman–Crippen MR) is 207 cm³/mol. The molecule has 0 aromatic heterocycles. The lowest BCUT2D eigenvalue weighted by Gasteiger charge is -2.29. The Hall–Kier alpha value is -5.78. The van der Waals surface area contributed by atoms with Gasteiger partial charge in [0.15, 0.2) is 0 Å². The van der Waals surface area contributed by atoms with Gasteiger partial charge in [0.05, 0.1) is 24.8 Å². The van der Waals surface area contributed by atoms with Crippen molar-refractivity contribution in [3.05, 3.63) is 132 Å². The van der Waals surface area contributed by atoms with Gasteiger partial charge in [0.2, 0.25) is 23.6 Å². The molecule has 4 aromatic carbocycles. The minimum atomic E-state index is -1.13. The molecule has 4 aromatic rings. The predicted octanol–water partition coefficient (Wildman–Crippen LogP) is 4.16. The number of nitrogens with two attached hydrogens (primary N) is 1. The van der Waals surface area contributed by atoms with Crippen LogP contribution in [0.5, 0.6) is 5.75 Å². The maximum atomic E-state index is 13.7. The van der Waals surface area contributed by atoms with Crippen LogP contribution >= 0.6 is 0 Å². The van der Waals surface area contributed by atoms with E-state index in [-0.39, 0.29) is 18.9 Å². The Bertz CT molecular complexity index is 1810. The van der Waals surface area contributed by atoms with Crippen molar-refractivity contribution in [2.75, 3.05) is 18.5 Å². The van der Waals surface area contributed by atoms with Crippen LogP contribution in [0.3, 0.4) is 0 Å². The largest absolute Gasteiger partial charge is 0.494 e. The number of ether oxygens (including phenoxy) is 1. The molecule has 0 aliphatic rings. The molecule has 0 fully saturated rings. The number of nitrogens with one attached hydrogen (secondary N) is 4. The highest BCUT2D eigenvalue weighted by Gasteiger charge is 2.29. The van der Waals surface area contributed by atoms with Gasteiger partial charge in [-0.15, -0.1) is 0 Å². The van der Waals surface area contributed by atoms with Crippen molar-refractivity contribution in [3.8, 4) is 16.9 Å². The van der Waals surface area contributed by atoms with Crippen LogP contribution < -0.4 is 31.7 Å². The normalized spacial score (nSPS) is 13.5. The molecule has 4 rings (SSSR count). The number of benzene rings is 4. The van der Waals surface area contributed by atoms with Gasteiger partial charge in [-0.3, -0.25) is 19.2 Å². The molecular weight excluding hydrogens is 670 g/mol. The van der Waals surface area contributed by atoms with Crippen molar-refractivity contribution < 1.29 is 29.0 Å². The number of carbonyl (C=O) groups excluding carboxylic acids is 4. The standard InChI is InChI=1S/C42H49N5O6/c1-4-53-34-17-11-16-33(26-34)45-38(49)22-23-39(50)47-40(28(2)3)42(52)46-35(24-29-12-7-5-8-13-29)37(48)27-44-36(41(43)51)25-30-18-20-32(21-19-30)31-14-9-6-10-15-31/h5-23,26,28,35-37,40,44,48H,4,24-25,27H2,1-3H3,(H2,43,51)(H,45,49)(H,46,52)(H,47,50)/b23-22+/t35-,36-,37-,40-/m0/s1. The number of aliphatic hydroxyl groups excluding tert-OH is 1. The average Bonchev–Trinajstić information content (AvgIpc) is 3.15. The number of rotatable bonds is 19. The molecule has 11 nitrogen and oxygen atoms in total. The van der Waals surface area contributed by atoms with Crippen LogP contribution in [0.15, 0.2) is 121 Å². The number of amides is 4. The Morgan fingerprint density at radius 1 is 0.755 bits per heavy atom. The first-order chi connectivity index (χ1) is 25.5. The molecule has 0 aliphatic carbocycles. The van der Waals surface area contributed by atoms with E-state index < -0.39 is 47.9 Å². The van der Waals surface area contributed by atoms with E-state index >= 15 is 0 Å². The molecule has 0 saturated heterocycles. The molecule has 11 heteroatoms. The van der Waals surface area contributed by atoms with E-state index in [4.69, 9.17) is 10.5 Å². The summed E-state index contributed by atoms with van der Waals surface area (Å²) in [5.74, 6) is -1.99. The van der Waals surface area contributed by atoms with E-state index in [2.05, 4.69) is 21.3 Å². The van der Waals surface area contributed by atoms with Gasteiger partial charge in [-0.05, 0) is 60.1 Å². The quantitative estimate of drug-likeness (QED) is 0.0790. The van der Waals surface area contributed by atoms with Crippen LogP contribution in [0.1, 0.15) is 31.9 Å². The third-order valence-electron chi connectivity index (χ3n) is 8.55. The molecule has 7 N–H and O–H groups in total. The first kappa shape index (κ1) is 40.0. The second kappa shape index (κ2) is 20.3. The molecule has 278 valence electrons. The third kappa shape index (κ3) is 13.1. The fourth-order valence-electron chi connectivity index (χ4n) is 5.70. The first-order valence-corrected chi connectivity index (χ1v) is 17.7. The molecule has 4 amide bonds. The zero-order chi connectivity index (χ0) is 38.2. The molecule has 4 atom stereocenters. The molecule has 0 aliphatic heterocycles. The summed E-state index contributed by atoms with van der Waals surface area (Å²) >= 11 is 0. The molecular formula is C42H49N5O6. The molecule has 0 heterocycles. The Balaban J connectivity index is 1.39. The van der Waals surface area contributed by atoms with Gasteiger partial charge in [-0.25, -0.2) is 0 Å². The number of hydrogen-bond acceptors (Lipinski definition) is 7. The molecule has 53 heavy (non-hydrogen) atoms. The molecule has 0 spiro atoms. The Labute approximate surface area is 311 Å². The number of primary amides is 1. The fourth-order valence-corrected chi connectivity index (χ4v) is 5.70. The van der Waals surface area contributed by atoms with Gasteiger partial charge < -0.3 is 36.8 Å². The van der Waals surface area contributed by atoms with Crippen molar-refractivity contribution in [2.24, 2.45) is 11.7 Å². The molecule has 0 unspecified atom stereocenters. The number of anilines is 1. The maximum absolute atomic E-state index is 13.7. The average molecular weight is 720 g/mol. The summed E-state index contributed by atoms with van der Waals surface area (Å²) in [5, 5.41) is 22.8. The van der Waals surface area contributed by atoms with Crippen LogP contribution in [0.2, 0.25) is 0 Å². The molecule has 0 saturated carbocycles. The van der Waals surface area contributed by atoms with Crippen molar-refractivity contribution in [2.45, 2.75) is 57.8 Å². The second-order valence-corrected chi connectivity index (χ2v) is 13.0. The summed E-state index contributed by atoms with van der Waals surface area (Å²) in [5.41, 5.74) is 10.2. The fraction of sp³-hybridized carbons (Fsp3) is 0.286. The third-order valence-corrected chi connectivity index (χ3v) is 8.55. The second-order valence-electron chi connectivity index (χ2n) is 13.0. The lowest BCUT2D eigenvalue weighted by molar-refractivity contribution is -0.129. The summed E-state index contributed by atoms with van der Waals surface area (Å²) in [7, 11) is 0. The number of aliphatic hydroxyl groups is 1. The van der Waals surface area contributed by atoms with Crippen molar-refractivity contribution in [1.82, 2.24) is 16.0 Å². The summed E-state index contributed by atoms with van der Waals surface area (Å²) in [4.78, 5) is 51.5. The Morgan fingerprint density at radius 2 is 1.38 bits per heavy atom. The minimum absolute atomic E-state index is 0.0441. The Kier molecular flexibility index (Phi) is 15.3. The van der Waals surface area contributed by atoms with Gasteiger partial charge in [0.1, 0.15) is 11.8 Å². The van der Waals surface area contributed by atoms with E-state index in [0.717, 1.165) is 34.4 Å². The van der Waals surface area contributed by atoms with Crippen molar-refractivity contribution in [3.63, 3.8) is 0 Å². The molecule has 0 bridgehead atoms. The van der Waals surface area contributed by atoms with Crippen LogP contribution in [0, 0.1) is 5.92 Å². The Morgan fingerprint density at radius 3 is 2.02 bits per heavy atom. The maximum Gasteiger partial charge on any atom is 0.248 e. The topological polar surface area (TPSA) is 172 Å². The van der Waals surface area contributed by atoms with Gasteiger partial charge >= 0.3 is 0 Å². The van der Waals surface area contributed by atoms with Crippen molar-refractivity contribution in [1.29, 1.82) is 0 Å². The zero-order valence-electron chi connectivity index (χ0n) is 30.3. The van der Waals surface area contributed by atoms with Crippen LogP contribution in [-0.4, -0.2) is 66.1 Å². The van der Waals surface area contributed by atoms with Crippen LogP contribution in [-0.2, 0) is 32.0 Å². The van der Waals surface area contributed by atoms with Crippen LogP contribution in [0.4, 0.5) is 5.69 Å².